The molecule has 1 aromatic rings. The highest BCUT2D eigenvalue weighted by Gasteiger charge is 2.25. The third-order valence-electron chi connectivity index (χ3n) is 3.54. The van der Waals surface area contributed by atoms with Gasteiger partial charge in [0.05, 0.1) is 0 Å². The van der Waals surface area contributed by atoms with Crippen molar-refractivity contribution in [1.29, 1.82) is 0 Å². The van der Waals surface area contributed by atoms with Crippen molar-refractivity contribution in [2.45, 2.75) is 25.9 Å². The summed E-state index contributed by atoms with van der Waals surface area (Å²) in [5, 5.41) is 0. The smallest absolute Gasteiger partial charge is 0.161 e. The molecular formula is C13H17F3N2. The third kappa shape index (κ3) is 2.84. The van der Waals surface area contributed by atoms with Gasteiger partial charge in [-0.3, -0.25) is 4.90 Å². The quantitative estimate of drug-likeness (QED) is 0.843. The third-order valence-corrected chi connectivity index (χ3v) is 3.54. The van der Waals surface area contributed by atoms with Crippen LogP contribution in [0.5, 0.6) is 0 Å². The first-order valence-electron chi connectivity index (χ1n) is 6.08. The number of halogens is 3. The van der Waals surface area contributed by atoms with Gasteiger partial charge in [0.25, 0.3) is 0 Å². The van der Waals surface area contributed by atoms with E-state index in [0.29, 0.717) is 18.5 Å². The molecule has 2 atom stereocenters. The van der Waals surface area contributed by atoms with Crippen LogP contribution in [0.25, 0.3) is 0 Å². The highest BCUT2D eigenvalue weighted by molar-refractivity contribution is 5.20. The molecule has 0 bridgehead atoms. The molecule has 0 saturated carbocycles. The summed E-state index contributed by atoms with van der Waals surface area (Å²) in [4.78, 5) is 2.02. The molecule has 18 heavy (non-hydrogen) atoms. The first-order chi connectivity index (χ1) is 8.47. The van der Waals surface area contributed by atoms with Crippen molar-refractivity contribution in [3.05, 3.63) is 35.1 Å². The maximum Gasteiger partial charge on any atom is 0.161 e. The Morgan fingerprint density at radius 2 is 1.94 bits per heavy atom. The van der Waals surface area contributed by atoms with Crippen LogP contribution in [-0.4, -0.2) is 24.0 Å². The highest BCUT2D eigenvalue weighted by atomic mass is 19.2. The molecule has 1 aliphatic rings. The normalized spacial score (nSPS) is 22.4. The summed E-state index contributed by atoms with van der Waals surface area (Å²) in [6, 6.07) is 1.64. The first-order valence-corrected chi connectivity index (χ1v) is 6.08. The van der Waals surface area contributed by atoms with Gasteiger partial charge in [0.15, 0.2) is 11.6 Å². The average Bonchev–Trinajstić information content (AvgIpc) is 2.74. The Kier molecular flexibility index (Phi) is 3.92. The van der Waals surface area contributed by atoms with Gasteiger partial charge in [0, 0.05) is 30.8 Å². The lowest BCUT2D eigenvalue weighted by molar-refractivity contribution is 0.302. The zero-order valence-corrected chi connectivity index (χ0v) is 10.3. The summed E-state index contributed by atoms with van der Waals surface area (Å²) in [6.07, 6.45) is 0.961. The van der Waals surface area contributed by atoms with Crippen LogP contribution < -0.4 is 5.73 Å². The topological polar surface area (TPSA) is 29.3 Å². The second-order valence-corrected chi connectivity index (χ2v) is 5.00. The van der Waals surface area contributed by atoms with Gasteiger partial charge >= 0.3 is 0 Å². The minimum Gasteiger partial charge on any atom is -0.328 e. The van der Waals surface area contributed by atoms with Crippen LogP contribution in [-0.2, 0) is 6.54 Å². The number of benzene rings is 1. The minimum absolute atomic E-state index is 0.102. The fourth-order valence-corrected chi connectivity index (χ4v) is 2.36. The molecule has 5 heteroatoms. The highest BCUT2D eigenvalue weighted by Crippen LogP contribution is 2.22. The lowest BCUT2D eigenvalue weighted by Gasteiger charge is -2.18. The van der Waals surface area contributed by atoms with Crippen LogP contribution >= 0.6 is 0 Å². The van der Waals surface area contributed by atoms with E-state index in [1.807, 2.05) is 11.8 Å². The van der Waals surface area contributed by atoms with Crippen LogP contribution in [0.3, 0.4) is 0 Å². The van der Waals surface area contributed by atoms with Crippen LogP contribution in [0.4, 0.5) is 13.2 Å². The molecule has 0 amide bonds. The molecule has 0 spiro atoms. The second kappa shape index (κ2) is 5.28. The maximum absolute atomic E-state index is 13.5. The van der Waals surface area contributed by atoms with Gasteiger partial charge < -0.3 is 5.73 Å². The molecule has 1 aliphatic heterocycles. The summed E-state index contributed by atoms with van der Waals surface area (Å²) in [5.41, 5.74) is 6.01. The Labute approximate surface area is 105 Å². The largest absolute Gasteiger partial charge is 0.328 e. The Morgan fingerprint density at radius 3 is 2.56 bits per heavy atom. The van der Waals surface area contributed by atoms with E-state index in [1.165, 1.54) is 0 Å². The van der Waals surface area contributed by atoms with Crippen molar-refractivity contribution in [2.75, 3.05) is 13.1 Å². The molecule has 0 aliphatic carbocycles. The van der Waals surface area contributed by atoms with Crippen LogP contribution in [0.2, 0.25) is 0 Å². The summed E-state index contributed by atoms with van der Waals surface area (Å²) in [7, 11) is 0. The molecule has 2 rings (SSSR count). The molecule has 100 valence electrons. The van der Waals surface area contributed by atoms with Crippen molar-refractivity contribution < 1.29 is 13.2 Å². The second-order valence-electron chi connectivity index (χ2n) is 5.00. The van der Waals surface area contributed by atoms with Crippen molar-refractivity contribution in [2.24, 2.45) is 11.7 Å². The molecule has 2 N–H and O–H groups in total. The fourth-order valence-electron chi connectivity index (χ4n) is 2.36. The van der Waals surface area contributed by atoms with Crippen molar-refractivity contribution in [3.63, 3.8) is 0 Å². The summed E-state index contributed by atoms with van der Waals surface area (Å²) in [5.74, 6) is -2.46. The predicted octanol–water partition coefficient (Wildman–Crippen LogP) is 2.27. The fraction of sp³-hybridized carbons (Fsp3) is 0.538. The van der Waals surface area contributed by atoms with Crippen molar-refractivity contribution in [1.82, 2.24) is 4.90 Å². The molecule has 1 saturated heterocycles. The van der Waals surface area contributed by atoms with E-state index in [2.05, 4.69) is 0 Å². The molecule has 1 fully saturated rings. The monoisotopic (exact) mass is 258 g/mol. The molecule has 0 aromatic heterocycles. The van der Waals surface area contributed by atoms with E-state index in [-0.39, 0.29) is 11.6 Å². The summed E-state index contributed by atoms with van der Waals surface area (Å²) < 4.78 is 39.3. The Bertz CT molecular complexity index is 434. The van der Waals surface area contributed by atoms with Gasteiger partial charge in [-0.2, -0.15) is 0 Å². The Balaban J connectivity index is 2.05. The number of hydrogen-bond donors (Lipinski definition) is 1. The lowest BCUT2D eigenvalue weighted by Crippen LogP contribution is -2.29. The Hall–Kier alpha value is -1.07. The standard InChI is InChI=1S/C13H17F3N2/c1-8(17)9-2-3-18(6-9)7-10-4-12(15)13(16)5-11(10)14/h4-5,8-9H,2-3,6-7,17H2,1H3. The molecule has 1 aromatic carbocycles. The average molecular weight is 258 g/mol. The van der Waals surface area contributed by atoms with Crippen LogP contribution in [0, 0.1) is 23.4 Å². The molecular weight excluding hydrogens is 241 g/mol. The zero-order chi connectivity index (χ0) is 13.3. The van der Waals surface area contributed by atoms with Crippen molar-refractivity contribution in [3.8, 4) is 0 Å². The number of rotatable bonds is 3. The predicted molar refractivity (Wildman–Crippen MR) is 63.3 cm³/mol. The zero-order valence-electron chi connectivity index (χ0n) is 10.3. The van der Waals surface area contributed by atoms with Crippen LogP contribution in [0.15, 0.2) is 12.1 Å². The molecule has 0 radical (unpaired) electrons. The van der Waals surface area contributed by atoms with Gasteiger partial charge in [0.2, 0.25) is 0 Å². The van der Waals surface area contributed by atoms with E-state index >= 15 is 0 Å². The number of likely N-dealkylation sites (tertiary alicyclic amines) is 1. The number of hydrogen-bond acceptors (Lipinski definition) is 2. The van der Waals surface area contributed by atoms with Crippen LogP contribution in [0.1, 0.15) is 18.9 Å². The first kappa shape index (κ1) is 13.4. The Morgan fingerprint density at radius 1 is 1.28 bits per heavy atom. The number of nitrogens with two attached hydrogens (primary N) is 1. The van der Waals surface area contributed by atoms with Gasteiger partial charge in [-0.15, -0.1) is 0 Å². The van der Waals surface area contributed by atoms with E-state index in [0.717, 1.165) is 25.6 Å². The van der Waals surface area contributed by atoms with E-state index < -0.39 is 17.5 Å². The minimum atomic E-state index is -1.15. The lowest BCUT2D eigenvalue weighted by atomic mass is 10.0. The van der Waals surface area contributed by atoms with Gasteiger partial charge in [-0.1, -0.05) is 0 Å². The molecule has 1 heterocycles. The van der Waals surface area contributed by atoms with E-state index in [9.17, 15) is 13.2 Å². The SMILES string of the molecule is CC(N)C1CCN(Cc2cc(F)c(F)cc2F)C1. The van der Waals surface area contributed by atoms with E-state index in [4.69, 9.17) is 5.73 Å². The number of nitrogens with zero attached hydrogens (tertiary/aromatic N) is 1. The van der Waals surface area contributed by atoms with Gasteiger partial charge in [-0.05, 0) is 31.9 Å². The summed E-state index contributed by atoms with van der Waals surface area (Å²) >= 11 is 0. The maximum atomic E-state index is 13.5. The van der Waals surface area contributed by atoms with E-state index in [1.54, 1.807) is 0 Å². The summed E-state index contributed by atoms with van der Waals surface area (Å²) in [6.45, 7) is 3.83. The van der Waals surface area contributed by atoms with Gasteiger partial charge in [0.1, 0.15) is 5.82 Å². The molecule has 2 unspecified atom stereocenters. The van der Waals surface area contributed by atoms with Gasteiger partial charge in [-0.25, -0.2) is 13.2 Å². The van der Waals surface area contributed by atoms with Crippen molar-refractivity contribution >= 4 is 0 Å². The molecule has 2 nitrogen and oxygen atoms in total.